The van der Waals surface area contributed by atoms with Gasteiger partial charge in [-0.25, -0.2) is 9.97 Å². The number of hydrogen-bond donors (Lipinski definition) is 0. The average molecular weight is 275 g/mol. The Kier molecular flexibility index (Phi) is 3.46. The van der Waals surface area contributed by atoms with E-state index in [0.717, 1.165) is 30.6 Å². The molecule has 3 heterocycles. The van der Waals surface area contributed by atoms with Crippen molar-refractivity contribution in [2.75, 3.05) is 13.1 Å². The molecule has 0 bridgehead atoms. The number of hydrogen-bond acceptors (Lipinski definition) is 4. The molecule has 1 aromatic heterocycles. The van der Waals surface area contributed by atoms with Crippen molar-refractivity contribution in [3.63, 3.8) is 0 Å². The molecule has 0 aliphatic carbocycles. The highest BCUT2D eigenvalue weighted by atomic mass is 16.5. The van der Waals surface area contributed by atoms with Gasteiger partial charge in [0.15, 0.2) is 0 Å². The number of carbonyl (C=O) groups is 1. The van der Waals surface area contributed by atoms with E-state index < -0.39 is 0 Å². The van der Waals surface area contributed by atoms with E-state index in [1.807, 2.05) is 18.7 Å². The Hall–Kier alpha value is -1.49. The molecule has 0 unspecified atom stereocenters. The molecule has 5 heteroatoms. The van der Waals surface area contributed by atoms with Crippen LogP contribution in [-0.4, -0.2) is 46.1 Å². The van der Waals surface area contributed by atoms with Crippen molar-refractivity contribution in [2.24, 2.45) is 5.92 Å². The predicted molar refractivity (Wildman–Crippen MR) is 74.5 cm³/mol. The lowest BCUT2D eigenvalue weighted by atomic mass is 9.92. The highest BCUT2D eigenvalue weighted by molar-refractivity contribution is 5.93. The van der Waals surface area contributed by atoms with E-state index in [1.54, 1.807) is 0 Å². The Labute approximate surface area is 119 Å². The van der Waals surface area contributed by atoms with Gasteiger partial charge in [-0.3, -0.25) is 4.79 Å². The fourth-order valence-electron chi connectivity index (χ4n) is 3.26. The number of rotatable bonds is 1. The number of piperidine rings is 1. The van der Waals surface area contributed by atoms with Gasteiger partial charge < -0.3 is 9.64 Å². The number of aromatic nitrogens is 2. The van der Waals surface area contributed by atoms with Gasteiger partial charge in [0.25, 0.3) is 5.91 Å². The van der Waals surface area contributed by atoms with E-state index in [2.05, 4.69) is 16.9 Å². The maximum atomic E-state index is 12.6. The van der Waals surface area contributed by atoms with Crippen molar-refractivity contribution < 1.29 is 9.53 Å². The summed E-state index contributed by atoms with van der Waals surface area (Å²) in [5.41, 5.74) is 2.27. The first-order chi connectivity index (χ1) is 9.56. The van der Waals surface area contributed by atoms with Crippen molar-refractivity contribution >= 4 is 5.91 Å². The Balaban J connectivity index is 1.77. The number of amides is 1. The lowest BCUT2D eigenvalue weighted by Crippen LogP contribution is -2.45. The second-order valence-electron chi connectivity index (χ2n) is 5.95. The molecule has 0 spiro atoms. The van der Waals surface area contributed by atoms with Crippen LogP contribution in [0.1, 0.15) is 41.5 Å². The minimum Gasteiger partial charge on any atom is -0.373 e. The summed E-state index contributed by atoms with van der Waals surface area (Å²) in [6.45, 7) is 7.42. The highest BCUT2D eigenvalue weighted by Crippen LogP contribution is 2.33. The zero-order valence-electron chi connectivity index (χ0n) is 12.3. The second-order valence-corrected chi connectivity index (χ2v) is 5.95. The third-order valence-corrected chi connectivity index (χ3v) is 4.56. The van der Waals surface area contributed by atoms with Gasteiger partial charge in [-0.2, -0.15) is 0 Å². The fraction of sp³-hybridized carbons (Fsp3) is 0.667. The maximum Gasteiger partial charge on any atom is 0.272 e. The van der Waals surface area contributed by atoms with E-state index in [-0.39, 0.29) is 12.0 Å². The summed E-state index contributed by atoms with van der Waals surface area (Å²) in [7, 11) is 0. The van der Waals surface area contributed by atoms with Gasteiger partial charge in [-0.05, 0) is 39.5 Å². The molecule has 3 rings (SSSR count). The molecule has 2 aliphatic heterocycles. The van der Waals surface area contributed by atoms with Crippen LogP contribution in [0.5, 0.6) is 0 Å². The van der Waals surface area contributed by atoms with Gasteiger partial charge in [-0.15, -0.1) is 0 Å². The Morgan fingerprint density at radius 2 is 2.20 bits per heavy atom. The van der Waals surface area contributed by atoms with Gasteiger partial charge in [0.2, 0.25) is 0 Å². The number of aryl methyl sites for hydroxylation is 1. The summed E-state index contributed by atoms with van der Waals surface area (Å²) >= 11 is 0. The second kappa shape index (κ2) is 5.13. The van der Waals surface area contributed by atoms with Crippen LogP contribution in [0.3, 0.4) is 0 Å². The summed E-state index contributed by atoms with van der Waals surface area (Å²) in [6, 6.07) is 0. The maximum absolute atomic E-state index is 12.6. The van der Waals surface area contributed by atoms with E-state index in [0.29, 0.717) is 24.3 Å². The van der Waals surface area contributed by atoms with Gasteiger partial charge in [-0.1, -0.05) is 0 Å². The molecule has 1 amide bonds. The molecule has 3 atom stereocenters. The van der Waals surface area contributed by atoms with Crippen molar-refractivity contribution in [1.29, 1.82) is 0 Å². The topological polar surface area (TPSA) is 55.3 Å². The predicted octanol–water partition coefficient (Wildman–Crippen LogP) is 1.73. The average Bonchev–Trinajstić information content (AvgIpc) is 2.80. The number of likely N-dealkylation sites (tertiary alicyclic amines) is 1. The van der Waals surface area contributed by atoms with Crippen molar-refractivity contribution in [2.45, 2.75) is 45.8 Å². The van der Waals surface area contributed by atoms with Gasteiger partial charge >= 0.3 is 0 Å². The molecule has 2 fully saturated rings. The third kappa shape index (κ3) is 2.30. The quantitative estimate of drug-likeness (QED) is 0.783. The Morgan fingerprint density at radius 3 is 3.00 bits per heavy atom. The third-order valence-electron chi connectivity index (χ3n) is 4.56. The number of carbonyl (C=O) groups excluding carboxylic acids is 1. The molecule has 1 aromatic rings. The molecule has 108 valence electrons. The smallest absolute Gasteiger partial charge is 0.272 e. The minimum absolute atomic E-state index is 0.00889. The zero-order valence-corrected chi connectivity index (χ0v) is 12.3. The molecule has 2 aliphatic rings. The van der Waals surface area contributed by atoms with E-state index in [1.165, 1.54) is 6.33 Å². The normalized spacial score (nSPS) is 29.4. The number of fused-ring (bicyclic) bond motifs is 1. The summed E-state index contributed by atoms with van der Waals surface area (Å²) in [5, 5.41) is 0. The molecule has 0 radical (unpaired) electrons. The Bertz CT molecular complexity index is 532. The van der Waals surface area contributed by atoms with Gasteiger partial charge in [0, 0.05) is 24.3 Å². The molecular formula is C15H21N3O2. The lowest BCUT2D eigenvalue weighted by Gasteiger charge is -2.34. The summed E-state index contributed by atoms with van der Waals surface area (Å²) < 4.78 is 5.91. The number of ether oxygens (including phenoxy) is 1. The molecule has 20 heavy (non-hydrogen) atoms. The highest BCUT2D eigenvalue weighted by Gasteiger charge is 2.39. The Morgan fingerprint density at radius 1 is 1.40 bits per heavy atom. The largest absolute Gasteiger partial charge is 0.373 e. The molecule has 2 saturated heterocycles. The number of nitrogens with zero attached hydrogens (tertiary/aromatic N) is 3. The monoisotopic (exact) mass is 275 g/mol. The van der Waals surface area contributed by atoms with E-state index in [9.17, 15) is 4.79 Å². The summed E-state index contributed by atoms with van der Waals surface area (Å²) in [6.07, 6.45) is 4.15. The standard InChI is InChI=1S/C15H21N3O2/c1-9-6-12-4-5-18(7-13(12)20-9)15(19)14-10(2)11(3)16-8-17-14/h8-9,12-13H,4-7H2,1-3H3/t9-,12+,13-/m1/s1. The van der Waals surface area contributed by atoms with Crippen LogP contribution in [-0.2, 0) is 4.74 Å². The van der Waals surface area contributed by atoms with E-state index >= 15 is 0 Å². The van der Waals surface area contributed by atoms with Crippen LogP contribution in [0.15, 0.2) is 6.33 Å². The first kappa shape index (κ1) is 13.5. The molecule has 0 N–H and O–H groups in total. The molecule has 0 aromatic carbocycles. The van der Waals surface area contributed by atoms with Crippen molar-refractivity contribution in [1.82, 2.24) is 14.9 Å². The van der Waals surface area contributed by atoms with Crippen LogP contribution in [0.2, 0.25) is 0 Å². The van der Waals surface area contributed by atoms with Gasteiger partial charge in [0.1, 0.15) is 12.0 Å². The van der Waals surface area contributed by atoms with E-state index in [4.69, 9.17) is 4.74 Å². The molecular weight excluding hydrogens is 254 g/mol. The first-order valence-electron chi connectivity index (χ1n) is 7.29. The minimum atomic E-state index is 0.00889. The molecule has 5 nitrogen and oxygen atoms in total. The van der Waals surface area contributed by atoms with Crippen LogP contribution >= 0.6 is 0 Å². The summed E-state index contributed by atoms with van der Waals surface area (Å²) in [5.74, 6) is 0.622. The van der Waals surface area contributed by atoms with Crippen molar-refractivity contribution in [3.05, 3.63) is 23.3 Å². The van der Waals surface area contributed by atoms with Crippen LogP contribution in [0, 0.1) is 19.8 Å². The zero-order chi connectivity index (χ0) is 14.3. The van der Waals surface area contributed by atoms with Crippen LogP contribution < -0.4 is 0 Å². The fourth-order valence-corrected chi connectivity index (χ4v) is 3.26. The van der Waals surface area contributed by atoms with Crippen molar-refractivity contribution in [3.8, 4) is 0 Å². The molecule has 0 saturated carbocycles. The van der Waals surface area contributed by atoms with Crippen LogP contribution in [0.4, 0.5) is 0 Å². The lowest BCUT2D eigenvalue weighted by molar-refractivity contribution is 0.00134. The van der Waals surface area contributed by atoms with Gasteiger partial charge in [0.05, 0.1) is 12.2 Å². The SMILES string of the molecule is Cc1ncnc(C(=O)N2CC[C@H]3C[C@@H](C)O[C@@H]3C2)c1C. The van der Waals surface area contributed by atoms with Crippen LogP contribution in [0.25, 0.3) is 0 Å². The first-order valence-corrected chi connectivity index (χ1v) is 7.29. The summed E-state index contributed by atoms with van der Waals surface area (Å²) in [4.78, 5) is 22.8.